The Bertz CT molecular complexity index is 1040. The average Bonchev–Trinajstić information content (AvgIpc) is 3.00. The number of fused-ring (bicyclic) bond motifs is 2. The highest BCUT2D eigenvalue weighted by Gasteiger charge is 2.45. The molecular weight excluding hydrogens is 356 g/mol. The number of likely N-dealkylation sites (tertiary alicyclic amines) is 1. The molecule has 1 aliphatic heterocycles. The third-order valence-corrected chi connectivity index (χ3v) is 6.09. The highest BCUT2D eigenvalue weighted by molar-refractivity contribution is 5.92. The van der Waals surface area contributed by atoms with Crippen LogP contribution in [0.3, 0.4) is 0 Å². The Morgan fingerprint density at radius 1 is 1.11 bits per heavy atom. The zero-order valence-corrected chi connectivity index (χ0v) is 16.6. The van der Waals surface area contributed by atoms with E-state index < -0.39 is 0 Å². The lowest BCUT2D eigenvalue weighted by atomic mass is 9.76. The molecule has 28 heavy (non-hydrogen) atoms. The zero-order valence-electron chi connectivity index (χ0n) is 16.6. The molecule has 0 aromatic carbocycles. The quantitative estimate of drug-likeness (QED) is 0.787. The summed E-state index contributed by atoms with van der Waals surface area (Å²) in [6.07, 6.45) is 3.20. The predicted molar refractivity (Wildman–Crippen MR) is 106 cm³/mol. The van der Waals surface area contributed by atoms with Gasteiger partial charge in [0.15, 0.2) is 0 Å². The molecule has 148 valence electrons. The van der Waals surface area contributed by atoms with Gasteiger partial charge in [0, 0.05) is 35.5 Å². The van der Waals surface area contributed by atoms with Gasteiger partial charge in [-0.2, -0.15) is 0 Å². The number of rotatable bonds is 1. The van der Waals surface area contributed by atoms with E-state index in [2.05, 4.69) is 9.97 Å². The van der Waals surface area contributed by atoms with Gasteiger partial charge in [0.05, 0.1) is 5.69 Å². The molecule has 7 nitrogen and oxygen atoms in total. The summed E-state index contributed by atoms with van der Waals surface area (Å²) >= 11 is 0. The summed E-state index contributed by atoms with van der Waals surface area (Å²) in [5, 5.41) is 0. The van der Waals surface area contributed by atoms with Crippen LogP contribution < -0.4 is 11.1 Å². The third-order valence-electron chi connectivity index (χ3n) is 6.09. The first-order chi connectivity index (χ1) is 13.2. The second-order valence-electron chi connectivity index (χ2n) is 8.99. The lowest BCUT2D eigenvalue weighted by Crippen LogP contribution is -2.45. The fraction of sp³-hybridized carbons (Fsp3) is 0.524. The van der Waals surface area contributed by atoms with Crippen LogP contribution in [0.2, 0.25) is 0 Å². The molecule has 2 aromatic rings. The molecule has 0 radical (unpaired) electrons. The molecule has 1 fully saturated rings. The van der Waals surface area contributed by atoms with Crippen molar-refractivity contribution in [2.45, 2.75) is 57.3 Å². The summed E-state index contributed by atoms with van der Waals surface area (Å²) in [6, 6.07) is 4.62. The number of piperidine rings is 1. The number of amides is 1. The molecule has 0 bridgehead atoms. The van der Waals surface area contributed by atoms with Crippen LogP contribution in [0.1, 0.15) is 67.6 Å². The highest BCUT2D eigenvalue weighted by Crippen LogP contribution is 2.44. The van der Waals surface area contributed by atoms with Gasteiger partial charge >= 0.3 is 0 Å². The zero-order chi connectivity index (χ0) is 20.1. The number of aromatic amines is 2. The van der Waals surface area contributed by atoms with Gasteiger partial charge in [-0.15, -0.1) is 0 Å². The van der Waals surface area contributed by atoms with Crippen molar-refractivity contribution in [2.24, 2.45) is 0 Å². The van der Waals surface area contributed by atoms with Crippen LogP contribution in [-0.2, 0) is 17.3 Å². The topological polar surface area (TPSA) is 98.9 Å². The van der Waals surface area contributed by atoms with Crippen LogP contribution in [0.15, 0.2) is 27.8 Å². The van der Waals surface area contributed by atoms with Crippen LogP contribution in [0.25, 0.3) is 0 Å². The van der Waals surface area contributed by atoms with E-state index in [1.54, 1.807) is 17.0 Å². The third kappa shape index (κ3) is 3.08. The number of pyridine rings is 1. The minimum absolute atomic E-state index is 0.0211. The molecule has 0 atom stereocenters. The number of H-pyrrole nitrogens is 2. The molecule has 0 saturated carbocycles. The SMILES string of the molecule is CC(C)(C)c1nc2c(c(=O)[nH]1)CCC21CCN(C(=O)c2cccc(=O)[nH]2)CC1. The Morgan fingerprint density at radius 2 is 1.82 bits per heavy atom. The van der Waals surface area contributed by atoms with Crippen molar-refractivity contribution in [3.63, 3.8) is 0 Å². The molecule has 4 rings (SSSR count). The number of nitrogens with zero attached hydrogens (tertiary/aromatic N) is 2. The second-order valence-corrected chi connectivity index (χ2v) is 8.99. The van der Waals surface area contributed by atoms with Crippen molar-refractivity contribution in [3.8, 4) is 0 Å². The molecule has 1 amide bonds. The van der Waals surface area contributed by atoms with Gasteiger partial charge in [-0.1, -0.05) is 26.8 Å². The van der Waals surface area contributed by atoms with Crippen molar-refractivity contribution in [1.29, 1.82) is 0 Å². The normalized spacial score (nSPS) is 18.3. The summed E-state index contributed by atoms with van der Waals surface area (Å²) in [5.41, 5.74) is 1.40. The van der Waals surface area contributed by atoms with Crippen LogP contribution in [0.5, 0.6) is 0 Å². The first kappa shape index (κ1) is 18.7. The van der Waals surface area contributed by atoms with Gasteiger partial charge in [0.25, 0.3) is 11.5 Å². The van der Waals surface area contributed by atoms with E-state index in [4.69, 9.17) is 4.98 Å². The largest absolute Gasteiger partial charge is 0.337 e. The number of hydrogen-bond donors (Lipinski definition) is 2. The maximum Gasteiger partial charge on any atom is 0.270 e. The molecule has 1 saturated heterocycles. The first-order valence-corrected chi connectivity index (χ1v) is 9.82. The number of carbonyl (C=O) groups is 1. The van der Waals surface area contributed by atoms with Gasteiger partial charge in [-0.3, -0.25) is 14.4 Å². The molecule has 7 heteroatoms. The maximum atomic E-state index is 12.7. The van der Waals surface area contributed by atoms with E-state index in [0.717, 1.165) is 42.8 Å². The monoisotopic (exact) mass is 382 g/mol. The summed E-state index contributed by atoms with van der Waals surface area (Å²) in [4.78, 5) is 49.1. The predicted octanol–water partition coefficient (Wildman–Crippen LogP) is 1.88. The molecule has 2 aromatic heterocycles. The van der Waals surface area contributed by atoms with Crippen molar-refractivity contribution in [2.75, 3.05) is 13.1 Å². The summed E-state index contributed by atoms with van der Waals surface area (Å²) in [5.74, 6) is 0.568. The lowest BCUT2D eigenvalue weighted by Gasteiger charge is -2.39. The van der Waals surface area contributed by atoms with E-state index in [1.807, 2.05) is 20.8 Å². The molecule has 2 aliphatic rings. The molecule has 0 unspecified atom stereocenters. The summed E-state index contributed by atoms with van der Waals surface area (Å²) in [7, 11) is 0. The second kappa shape index (κ2) is 6.43. The molecule has 3 heterocycles. The van der Waals surface area contributed by atoms with Crippen LogP contribution >= 0.6 is 0 Å². The number of carbonyl (C=O) groups excluding carboxylic acids is 1. The fourth-order valence-electron chi connectivity index (χ4n) is 4.37. The van der Waals surface area contributed by atoms with Crippen molar-refractivity contribution in [3.05, 3.63) is 61.7 Å². The van der Waals surface area contributed by atoms with E-state index in [-0.39, 0.29) is 27.9 Å². The number of hydrogen-bond acceptors (Lipinski definition) is 4. The first-order valence-electron chi connectivity index (χ1n) is 9.82. The Kier molecular flexibility index (Phi) is 4.28. The summed E-state index contributed by atoms with van der Waals surface area (Å²) < 4.78 is 0. The minimum Gasteiger partial charge on any atom is -0.337 e. The van der Waals surface area contributed by atoms with Crippen molar-refractivity contribution in [1.82, 2.24) is 19.9 Å². The number of nitrogens with one attached hydrogen (secondary N) is 2. The van der Waals surface area contributed by atoms with Gasteiger partial charge in [0.1, 0.15) is 11.5 Å². The maximum absolute atomic E-state index is 12.7. The van der Waals surface area contributed by atoms with Crippen molar-refractivity contribution >= 4 is 5.91 Å². The van der Waals surface area contributed by atoms with E-state index in [1.165, 1.54) is 6.07 Å². The fourth-order valence-corrected chi connectivity index (χ4v) is 4.37. The van der Waals surface area contributed by atoms with Gasteiger partial charge in [0.2, 0.25) is 5.56 Å². The number of aromatic nitrogens is 3. The molecule has 1 spiro atoms. The highest BCUT2D eigenvalue weighted by atomic mass is 16.2. The molecule has 2 N–H and O–H groups in total. The smallest absolute Gasteiger partial charge is 0.270 e. The summed E-state index contributed by atoms with van der Waals surface area (Å²) in [6.45, 7) is 7.31. The molecule has 1 aliphatic carbocycles. The van der Waals surface area contributed by atoms with E-state index in [9.17, 15) is 14.4 Å². The van der Waals surface area contributed by atoms with E-state index in [0.29, 0.717) is 18.8 Å². The Hall–Kier alpha value is -2.70. The Labute approximate surface area is 163 Å². The average molecular weight is 382 g/mol. The minimum atomic E-state index is -0.276. The van der Waals surface area contributed by atoms with Gasteiger partial charge < -0.3 is 14.9 Å². The van der Waals surface area contributed by atoms with Crippen molar-refractivity contribution < 1.29 is 4.79 Å². The standard InChI is InChI=1S/C21H26N4O3/c1-20(2,3)19-23-16-13(17(27)24-19)7-8-21(16)9-11-25(12-10-21)18(28)14-5-4-6-15(26)22-14/h4-6H,7-12H2,1-3H3,(H,22,26)(H,23,24,27). The van der Waals surface area contributed by atoms with Gasteiger partial charge in [-0.25, -0.2) is 4.98 Å². The van der Waals surface area contributed by atoms with Crippen LogP contribution in [-0.4, -0.2) is 38.8 Å². The Balaban J connectivity index is 1.59. The lowest BCUT2D eigenvalue weighted by molar-refractivity contribution is 0.0657. The molecular formula is C21H26N4O3. The van der Waals surface area contributed by atoms with E-state index >= 15 is 0 Å². The van der Waals surface area contributed by atoms with Crippen LogP contribution in [0.4, 0.5) is 0 Å². The van der Waals surface area contributed by atoms with Gasteiger partial charge in [-0.05, 0) is 31.7 Å². The Morgan fingerprint density at radius 3 is 2.46 bits per heavy atom. The van der Waals surface area contributed by atoms with Crippen LogP contribution in [0, 0.1) is 0 Å².